The molecular formula is C26H30N6O8S2. The molecular weight excluding hydrogens is 588 g/mol. The molecule has 5 rings (SSSR count). The van der Waals surface area contributed by atoms with Gasteiger partial charge in [0.15, 0.2) is 21.3 Å². The van der Waals surface area contributed by atoms with Crippen molar-refractivity contribution >= 4 is 31.7 Å². The van der Waals surface area contributed by atoms with E-state index in [1.807, 2.05) is 0 Å². The second-order valence-corrected chi connectivity index (χ2v) is 13.6. The van der Waals surface area contributed by atoms with Gasteiger partial charge in [-0.3, -0.25) is 13.7 Å². The molecule has 2 fully saturated rings. The molecule has 1 aromatic carbocycles. The molecule has 14 nitrogen and oxygen atoms in total. The van der Waals surface area contributed by atoms with E-state index in [-0.39, 0.29) is 41.0 Å². The third-order valence-corrected chi connectivity index (χ3v) is 8.82. The Morgan fingerprint density at radius 3 is 2.81 bits per heavy atom. The molecule has 0 unspecified atom stereocenters. The number of carbonyl (C=O) groups is 1. The Bertz CT molecular complexity index is 1740. The van der Waals surface area contributed by atoms with E-state index in [1.165, 1.54) is 29.3 Å². The van der Waals surface area contributed by atoms with Crippen LogP contribution in [0.4, 0.5) is 5.82 Å². The lowest BCUT2D eigenvalue weighted by atomic mass is 10.0. The van der Waals surface area contributed by atoms with Gasteiger partial charge in [-0.2, -0.15) is 13.5 Å². The zero-order valence-electron chi connectivity index (χ0n) is 22.8. The van der Waals surface area contributed by atoms with E-state index in [4.69, 9.17) is 18.8 Å². The lowest BCUT2D eigenvalue weighted by molar-refractivity contribution is -0.167. The van der Waals surface area contributed by atoms with E-state index in [9.17, 15) is 21.6 Å². The van der Waals surface area contributed by atoms with Crippen molar-refractivity contribution in [1.29, 1.82) is 0 Å². The van der Waals surface area contributed by atoms with E-state index in [0.29, 0.717) is 18.4 Å². The molecule has 0 spiro atoms. The van der Waals surface area contributed by atoms with Gasteiger partial charge in [-0.25, -0.2) is 23.5 Å². The highest BCUT2D eigenvalue weighted by atomic mass is 32.2. The third kappa shape index (κ3) is 6.28. The number of carbonyl (C=O) groups excluding carboxylic acids is 1. The van der Waals surface area contributed by atoms with Crippen molar-refractivity contribution in [3.05, 3.63) is 77.9 Å². The van der Waals surface area contributed by atoms with Crippen LogP contribution >= 0.6 is 0 Å². The summed E-state index contributed by atoms with van der Waals surface area (Å²) in [5, 5.41) is 13.5. The molecule has 3 aromatic rings. The van der Waals surface area contributed by atoms with Crippen LogP contribution in [0.5, 0.6) is 0 Å². The maximum absolute atomic E-state index is 13.6. The number of ketones is 1. The van der Waals surface area contributed by atoms with Crippen molar-refractivity contribution in [2.24, 2.45) is 11.1 Å². The Labute approximate surface area is 243 Å². The van der Waals surface area contributed by atoms with Crippen LogP contribution < -0.4 is 10.5 Å². The second kappa shape index (κ2) is 10.9. The normalized spacial score (nSPS) is 23.4. The summed E-state index contributed by atoms with van der Waals surface area (Å²) in [6.45, 7) is 6.84. The number of aromatic nitrogens is 4. The number of rotatable bonds is 11. The minimum Gasteiger partial charge on any atom is -0.342 e. The molecule has 3 N–H and O–H groups in total. The summed E-state index contributed by atoms with van der Waals surface area (Å²) < 4.78 is 65.8. The Morgan fingerprint density at radius 1 is 1.29 bits per heavy atom. The van der Waals surface area contributed by atoms with Gasteiger partial charge in [0.25, 0.3) is 0 Å². The smallest absolute Gasteiger partial charge is 0.333 e. The number of ether oxygens (including phenoxy) is 2. The molecule has 16 heteroatoms. The summed E-state index contributed by atoms with van der Waals surface area (Å²) >= 11 is 0. The summed E-state index contributed by atoms with van der Waals surface area (Å²) in [5.74, 6) is -1.66. The van der Waals surface area contributed by atoms with E-state index in [0.717, 1.165) is 5.41 Å². The van der Waals surface area contributed by atoms with Crippen LogP contribution in [0.15, 0.2) is 65.9 Å². The summed E-state index contributed by atoms with van der Waals surface area (Å²) in [4.78, 5) is 22.0. The van der Waals surface area contributed by atoms with Crippen LogP contribution in [0.25, 0.3) is 0 Å². The number of hydrogen-bond acceptors (Lipinski definition) is 12. The molecule has 1 saturated heterocycles. The average molecular weight is 619 g/mol. The monoisotopic (exact) mass is 618 g/mol. The third-order valence-electron chi connectivity index (χ3n) is 7.01. The number of benzene rings is 1. The first-order chi connectivity index (χ1) is 19.7. The Kier molecular flexibility index (Phi) is 7.80. The fourth-order valence-corrected chi connectivity index (χ4v) is 6.40. The average Bonchev–Trinajstić information content (AvgIpc) is 3.58. The zero-order valence-corrected chi connectivity index (χ0v) is 24.5. The van der Waals surface area contributed by atoms with Crippen molar-refractivity contribution < 1.29 is 35.3 Å². The summed E-state index contributed by atoms with van der Waals surface area (Å²) in [5.41, 5.74) is -0.215. The van der Waals surface area contributed by atoms with Gasteiger partial charge in [-0.1, -0.05) is 18.7 Å². The molecule has 2 aliphatic rings. The lowest BCUT2D eigenvalue weighted by Crippen LogP contribution is -2.46. The van der Waals surface area contributed by atoms with Gasteiger partial charge in [0.05, 0.1) is 23.6 Å². The first-order valence-electron chi connectivity index (χ1n) is 12.9. The number of fused-ring (bicyclic) bond motifs is 1. The van der Waals surface area contributed by atoms with Crippen molar-refractivity contribution in [1.82, 2.24) is 19.7 Å². The summed E-state index contributed by atoms with van der Waals surface area (Å²) in [6.07, 6.45) is 4.53. The number of hydrogen-bond donors (Lipinski definition) is 2. The topological polar surface area (TPSA) is 195 Å². The number of nitrogens with two attached hydrogens (primary N) is 1. The van der Waals surface area contributed by atoms with Gasteiger partial charge in [0.1, 0.15) is 23.9 Å². The van der Waals surface area contributed by atoms with Gasteiger partial charge >= 0.3 is 10.3 Å². The quantitative estimate of drug-likeness (QED) is 0.296. The molecule has 3 heterocycles. The van der Waals surface area contributed by atoms with Crippen molar-refractivity contribution in [2.75, 3.05) is 11.9 Å². The maximum Gasteiger partial charge on any atom is 0.333 e. The zero-order chi connectivity index (χ0) is 30.3. The predicted molar refractivity (Wildman–Crippen MR) is 149 cm³/mol. The molecule has 1 aliphatic carbocycles. The summed E-state index contributed by atoms with van der Waals surface area (Å²) in [7, 11) is -7.75. The molecule has 0 amide bonds. The van der Waals surface area contributed by atoms with Crippen molar-refractivity contribution in [3.63, 3.8) is 0 Å². The SMILES string of the molecule is C=CS(=O)(=O)c1cccc(Cn2ccc(C(=O)c3cncnc3N[C@@]34CC[C@H](COS(N)(=O)=O)[C@H]3OC(C)(C)O4)n2)c1. The van der Waals surface area contributed by atoms with Gasteiger partial charge in [0.2, 0.25) is 5.78 Å². The van der Waals surface area contributed by atoms with Crippen LogP contribution in [0, 0.1) is 5.92 Å². The van der Waals surface area contributed by atoms with Gasteiger partial charge in [-0.15, -0.1) is 0 Å². The maximum atomic E-state index is 13.6. The first kappa shape index (κ1) is 29.9. The van der Waals surface area contributed by atoms with Gasteiger partial charge in [0, 0.05) is 23.7 Å². The highest BCUT2D eigenvalue weighted by Crippen LogP contribution is 2.49. The van der Waals surface area contributed by atoms with Crippen LogP contribution in [0.2, 0.25) is 0 Å². The molecule has 42 heavy (non-hydrogen) atoms. The number of nitrogens with one attached hydrogen (secondary N) is 1. The highest BCUT2D eigenvalue weighted by Gasteiger charge is 2.60. The van der Waals surface area contributed by atoms with E-state index in [2.05, 4.69) is 27.0 Å². The molecule has 2 aromatic heterocycles. The Morgan fingerprint density at radius 2 is 2.07 bits per heavy atom. The summed E-state index contributed by atoms with van der Waals surface area (Å²) in [6, 6.07) is 7.92. The fraction of sp³-hybridized carbons (Fsp3) is 0.385. The van der Waals surface area contributed by atoms with E-state index in [1.54, 1.807) is 38.2 Å². The molecule has 1 aliphatic heterocycles. The van der Waals surface area contributed by atoms with E-state index >= 15 is 0 Å². The van der Waals surface area contributed by atoms with Gasteiger partial charge < -0.3 is 14.8 Å². The van der Waals surface area contributed by atoms with Crippen LogP contribution in [0.3, 0.4) is 0 Å². The fourth-order valence-electron chi connectivity index (χ4n) is 5.26. The largest absolute Gasteiger partial charge is 0.342 e. The number of nitrogens with zero attached hydrogens (tertiary/aromatic N) is 4. The van der Waals surface area contributed by atoms with Crippen LogP contribution in [-0.2, 0) is 40.3 Å². The Hall–Kier alpha value is -3.54. The Balaban J connectivity index is 1.37. The predicted octanol–water partition coefficient (Wildman–Crippen LogP) is 1.76. The molecule has 224 valence electrons. The minimum absolute atomic E-state index is 0.111. The molecule has 3 atom stereocenters. The first-order valence-corrected chi connectivity index (χ1v) is 15.9. The lowest BCUT2D eigenvalue weighted by Gasteiger charge is -2.31. The standard InChI is InChI=1S/C26H30N6O8S2/c1-4-41(34,35)19-7-5-6-17(12-19)14-32-11-9-21(31-32)22(33)20-13-28-16-29-24(20)30-26-10-8-18(15-38-42(27,36)37)23(26)39-25(2,3)40-26/h4-7,9,11-13,16,18,23H,1,8,10,14-15H2,2-3H3,(H2,27,36,37)(H,28,29,30)/t18-,23-,26-/m1/s1. The van der Waals surface area contributed by atoms with Crippen LogP contribution in [0.1, 0.15) is 48.3 Å². The molecule has 1 saturated carbocycles. The second-order valence-electron chi connectivity index (χ2n) is 10.5. The van der Waals surface area contributed by atoms with Crippen molar-refractivity contribution in [2.45, 2.75) is 55.7 Å². The number of sulfone groups is 1. The highest BCUT2D eigenvalue weighted by molar-refractivity contribution is 7.94. The minimum atomic E-state index is -4.15. The van der Waals surface area contributed by atoms with Crippen molar-refractivity contribution in [3.8, 4) is 0 Å². The molecule has 0 bridgehead atoms. The number of anilines is 1. The molecule has 0 radical (unpaired) electrons. The van der Waals surface area contributed by atoms with E-state index < -0.39 is 43.5 Å². The van der Waals surface area contributed by atoms with Gasteiger partial charge in [-0.05, 0) is 50.5 Å². The van der Waals surface area contributed by atoms with Crippen LogP contribution in [-0.4, -0.2) is 66.6 Å².